The van der Waals surface area contributed by atoms with Crippen molar-refractivity contribution in [2.24, 2.45) is 35.1 Å². The Morgan fingerprint density at radius 2 is 1.32 bits per heavy atom. The summed E-state index contributed by atoms with van der Waals surface area (Å²) in [5, 5.41) is 0. The van der Waals surface area contributed by atoms with Gasteiger partial charge in [-0.05, 0) is 68.6 Å². The van der Waals surface area contributed by atoms with E-state index >= 15 is 0 Å². The minimum atomic E-state index is 0.464. The van der Waals surface area contributed by atoms with E-state index in [0.717, 1.165) is 23.7 Å². The minimum Gasteiger partial charge on any atom is -0.328 e. The highest BCUT2D eigenvalue weighted by atomic mass is 14.7. The first-order chi connectivity index (χ1) is 9.13. The number of hydrogen-bond acceptors (Lipinski definition) is 2. The Morgan fingerprint density at radius 1 is 0.789 bits per heavy atom. The van der Waals surface area contributed by atoms with Crippen LogP contribution in [-0.4, -0.2) is 12.1 Å². The second-order valence-corrected chi connectivity index (χ2v) is 7.27. The molecule has 4 N–H and O–H groups in total. The van der Waals surface area contributed by atoms with Crippen LogP contribution in [0.15, 0.2) is 0 Å². The Kier molecular flexibility index (Phi) is 5.70. The van der Waals surface area contributed by atoms with Crippen molar-refractivity contribution in [1.82, 2.24) is 0 Å². The van der Waals surface area contributed by atoms with Crippen LogP contribution in [0.2, 0.25) is 0 Å². The van der Waals surface area contributed by atoms with Crippen molar-refractivity contribution in [3.05, 3.63) is 0 Å². The molecule has 2 aliphatic carbocycles. The van der Waals surface area contributed by atoms with Gasteiger partial charge < -0.3 is 11.5 Å². The Balaban J connectivity index is 1.86. The molecule has 2 nitrogen and oxygen atoms in total. The molecule has 0 amide bonds. The van der Waals surface area contributed by atoms with Crippen LogP contribution in [0.4, 0.5) is 0 Å². The second-order valence-electron chi connectivity index (χ2n) is 7.27. The van der Waals surface area contributed by atoms with Gasteiger partial charge >= 0.3 is 0 Å². The third kappa shape index (κ3) is 3.95. The number of nitrogens with two attached hydrogens (primary N) is 2. The highest BCUT2D eigenvalue weighted by molar-refractivity contribution is 4.89. The predicted octanol–water partition coefficient (Wildman–Crippen LogP) is 3.68. The zero-order valence-corrected chi connectivity index (χ0v) is 13.0. The van der Waals surface area contributed by atoms with Crippen molar-refractivity contribution in [3.8, 4) is 0 Å². The molecule has 2 rings (SSSR count). The molecule has 0 saturated heterocycles. The van der Waals surface area contributed by atoms with Crippen molar-refractivity contribution in [1.29, 1.82) is 0 Å². The molecule has 2 fully saturated rings. The molecule has 112 valence electrons. The molecule has 2 unspecified atom stereocenters. The summed E-state index contributed by atoms with van der Waals surface area (Å²) in [7, 11) is 0. The summed E-state index contributed by atoms with van der Waals surface area (Å²) in [6.07, 6.45) is 12.0. The van der Waals surface area contributed by atoms with E-state index in [2.05, 4.69) is 13.8 Å². The first-order valence-electron chi connectivity index (χ1n) is 8.65. The Morgan fingerprint density at radius 3 is 1.79 bits per heavy atom. The summed E-state index contributed by atoms with van der Waals surface area (Å²) in [5.41, 5.74) is 12.5. The maximum Gasteiger partial charge on any atom is 0.00956 e. The molecule has 0 bridgehead atoms. The van der Waals surface area contributed by atoms with Crippen molar-refractivity contribution < 1.29 is 0 Å². The van der Waals surface area contributed by atoms with Crippen molar-refractivity contribution >= 4 is 0 Å². The first kappa shape index (κ1) is 15.3. The lowest BCUT2D eigenvalue weighted by Crippen LogP contribution is -2.43. The van der Waals surface area contributed by atoms with Gasteiger partial charge in [-0.15, -0.1) is 0 Å². The topological polar surface area (TPSA) is 52.0 Å². The molecule has 2 heteroatoms. The van der Waals surface area contributed by atoms with Crippen LogP contribution in [0.3, 0.4) is 0 Å². The Labute approximate surface area is 119 Å². The van der Waals surface area contributed by atoms with E-state index in [-0.39, 0.29) is 0 Å². The molecule has 0 aromatic heterocycles. The van der Waals surface area contributed by atoms with Gasteiger partial charge in [0.25, 0.3) is 0 Å². The van der Waals surface area contributed by atoms with Crippen LogP contribution in [0.1, 0.15) is 71.6 Å². The zero-order valence-electron chi connectivity index (χ0n) is 13.0. The molecule has 0 aromatic rings. The first-order valence-corrected chi connectivity index (χ1v) is 8.65. The fourth-order valence-electron chi connectivity index (χ4n) is 4.62. The highest BCUT2D eigenvalue weighted by Crippen LogP contribution is 2.41. The third-order valence-electron chi connectivity index (χ3n) is 5.97. The van der Waals surface area contributed by atoms with E-state index < -0.39 is 0 Å². The van der Waals surface area contributed by atoms with Gasteiger partial charge in [0.1, 0.15) is 0 Å². The average molecular weight is 266 g/mol. The molecule has 0 aliphatic heterocycles. The molecule has 0 radical (unpaired) electrons. The van der Waals surface area contributed by atoms with Crippen molar-refractivity contribution in [3.63, 3.8) is 0 Å². The van der Waals surface area contributed by atoms with E-state index in [0.29, 0.717) is 12.1 Å². The largest absolute Gasteiger partial charge is 0.328 e. The Bertz CT molecular complexity index is 244. The molecule has 0 heterocycles. The fourth-order valence-corrected chi connectivity index (χ4v) is 4.62. The standard InChI is InChI=1S/C17H34N2/c1-3-14-10-13(11-15(4-2)17(14)19)9-12-5-7-16(18)8-6-12/h12-17H,3-11,18-19H2,1-2H3. The van der Waals surface area contributed by atoms with Gasteiger partial charge in [0.2, 0.25) is 0 Å². The third-order valence-corrected chi connectivity index (χ3v) is 5.97. The quantitative estimate of drug-likeness (QED) is 0.815. The van der Waals surface area contributed by atoms with Crippen LogP contribution in [0.25, 0.3) is 0 Å². The van der Waals surface area contributed by atoms with Crippen LogP contribution >= 0.6 is 0 Å². The minimum absolute atomic E-state index is 0.464. The van der Waals surface area contributed by atoms with Gasteiger partial charge in [0.05, 0.1) is 0 Å². The SMILES string of the molecule is CCC1CC(CC2CCC(N)CC2)CC(CC)C1N. The van der Waals surface area contributed by atoms with Gasteiger partial charge in [-0.2, -0.15) is 0 Å². The lowest BCUT2D eigenvalue weighted by molar-refractivity contribution is 0.125. The van der Waals surface area contributed by atoms with E-state index in [1.807, 2.05) is 0 Å². The van der Waals surface area contributed by atoms with Gasteiger partial charge in [0.15, 0.2) is 0 Å². The van der Waals surface area contributed by atoms with Crippen molar-refractivity contribution in [2.45, 2.75) is 83.7 Å². The molecular weight excluding hydrogens is 232 g/mol. The molecule has 2 saturated carbocycles. The number of hydrogen-bond donors (Lipinski definition) is 2. The summed E-state index contributed by atoms with van der Waals surface area (Å²) < 4.78 is 0. The summed E-state index contributed by atoms with van der Waals surface area (Å²) in [6, 6.07) is 0.953. The zero-order chi connectivity index (χ0) is 13.8. The summed E-state index contributed by atoms with van der Waals surface area (Å²) in [6.45, 7) is 4.64. The Hall–Kier alpha value is -0.0800. The van der Waals surface area contributed by atoms with Crippen LogP contribution < -0.4 is 11.5 Å². The molecule has 19 heavy (non-hydrogen) atoms. The van der Waals surface area contributed by atoms with Gasteiger partial charge in [0, 0.05) is 12.1 Å². The van der Waals surface area contributed by atoms with E-state index in [4.69, 9.17) is 11.5 Å². The molecule has 0 spiro atoms. The molecule has 2 aliphatic rings. The van der Waals surface area contributed by atoms with Gasteiger partial charge in [-0.1, -0.05) is 26.7 Å². The van der Waals surface area contributed by atoms with Gasteiger partial charge in [-0.3, -0.25) is 0 Å². The maximum atomic E-state index is 6.44. The molecular formula is C17H34N2. The van der Waals surface area contributed by atoms with E-state index in [1.165, 1.54) is 57.8 Å². The molecule has 2 atom stereocenters. The number of rotatable bonds is 4. The highest BCUT2D eigenvalue weighted by Gasteiger charge is 2.34. The normalized spacial score (nSPS) is 44.2. The predicted molar refractivity (Wildman–Crippen MR) is 82.8 cm³/mol. The van der Waals surface area contributed by atoms with E-state index in [9.17, 15) is 0 Å². The lowest BCUT2D eigenvalue weighted by Gasteiger charge is -2.41. The summed E-state index contributed by atoms with van der Waals surface area (Å²) in [4.78, 5) is 0. The second kappa shape index (κ2) is 7.08. The summed E-state index contributed by atoms with van der Waals surface area (Å²) in [5.74, 6) is 3.44. The average Bonchev–Trinajstić information content (AvgIpc) is 2.43. The monoisotopic (exact) mass is 266 g/mol. The van der Waals surface area contributed by atoms with E-state index in [1.54, 1.807) is 0 Å². The maximum absolute atomic E-state index is 6.44. The lowest BCUT2D eigenvalue weighted by atomic mass is 9.67. The van der Waals surface area contributed by atoms with Crippen molar-refractivity contribution in [2.75, 3.05) is 0 Å². The van der Waals surface area contributed by atoms with Crippen LogP contribution in [0.5, 0.6) is 0 Å². The van der Waals surface area contributed by atoms with Crippen LogP contribution in [0, 0.1) is 23.7 Å². The fraction of sp³-hybridized carbons (Fsp3) is 1.00. The van der Waals surface area contributed by atoms with Gasteiger partial charge in [-0.25, -0.2) is 0 Å². The van der Waals surface area contributed by atoms with Crippen LogP contribution in [-0.2, 0) is 0 Å². The smallest absolute Gasteiger partial charge is 0.00956 e. The molecule has 0 aromatic carbocycles. The summed E-state index contributed by atoms with van der Waals surface area (Å²) >= 11 is 0.